The first-order chi connectivity index (χ1) is 10.1. The van der Waals surface area contributed by atoms with Gasteiger partial charge in [-0.15, -0.1) is 0 Å². The number of hydrogen-bond donors (Lipinski definition) is 0. The number of carbonyl (C=O) groups is 1. The molecule has 1 aliphatic rings. The van der Waals surface area contributed by atoms with E-state index in [1.807, 2.05) is 17.2 Å². The first-order valence-electron chi connectivity index (χ1n) is 7.46. The minimum Gasteiger partial charge on any atom is -0.336 e. The molecule has 1 atom stereocenters. The van der Waals surface area contributed by atoms with Gasteiger partial charge in [0.05, 0.1) is 6.04 Å². The third-order valence-electron chi connectivity index (χ3n) is 4.31. The molecule has 0 unspecified atom stereocenters. The number of hydrogen-bond acceptors (Lipinski definition) is 2. The van der Waals surface area contributed by atoms with E-state index in [4.69, 9.17) is 0 Å². The van der Waals surface area contributed by atoms with Gasteiger partial charge >= 0.3 is 0 Å². The summed E-state index contributed by atoms with van der Waals surface area (Å²) in [6, 6.07) is 8.54. The SMILES string of the molecule is CC(=O)N1CCC[C@H]1c1ccc(-n2c(C)ccc2C)nc1. The molecule has 0 radical (unpaired) electrons. The maximum atomic E-state index is 11.7. The van der Waals surface area contributed by atoms with E-state index in [0.717, 1.165) is 30.8 Å². The Kier molecular flexibility index (Phi) is 3.53. The predicted molar refractivity (Wildman–Crippen MR) is 82.4 cm³/mol. The molecule has 4 heteroatoms. The molecule has 0 spiro atoms. The molecule has 1 fully saturated rings. The Morgan fingerprint density at radius 3 is 2.48 bits per heavy atom. The number of aromatic nitrogens is 2. The fourth-order valence-electron chi connectivity index (χ4n) is 3.25. The second-order valence-electron chi connectivity index (χ2n) is 5.77. The number of likely N-dealkylation sites (tertiary alicyclic amines) is 1. The Labute approximate surface area is 125 Å². The van der Waals surface area contributed by atoms with Crippen LogP contribution in [0.5, 0.6) is 0 Å². The molecule has 0 aliphatic carbocycles. The van der Waals surface area contributed by atoms with Crippen LogP contribution in [-0.2, 0) is 4.79 Å². The van der Waals surface area contributed by atoms with Crippen molar-refractivity contribution in [3.8, 4) is 5.82 Å². The quantitative estimate of drug-likeness (QED) is 0.849. The van der Waals surface area contributed by atoms with Crippen molar-refractivity contribution >= 4 is 5.91 Å². The molecule has 3 heterocycles. The fourth-order valence-corrected chi connectivity index (χ4v) is 3.25. The van der Waals surface area contributed by atoms with Crippen LogP contribution in [0.3, 0.4) is 0 Å². The average molecular weight is 283 g/mol. The lowest BCUT2D eigenvalue weighted by Crippen LogP contribution is -2.28. The van der Waals surface area contributed by atoms with Crippen molar-refractivity contribution in [1.82, 2.24) is 14.5 Å². The number of rotatable bonds is 2. The second-order valence-corrected chi connectivity index (χ2v) is 5.77. The molecular weight excluding hydrogens is 262 g/mol. The van der Waals surface area contributed by atoms with Gasteiger partial charge in [-0.1, -0.05) is 6.07 Å². The van der Waals surface area contributed by atoms with Crippen molar-refractivity contribution in [3.63, 3.8) is 0 Å². The van der Waals surface area contributed by atoms with Gasteiger partial charge in [-0.2, -0.15) is 0 Å². The molecule has 0 aromatic carbocycles. The number of carbonyl (C=O) groups excluding carboxylic acids is 1. The third-order valence-corrected chi connectivity index (χ3v) is 4.31. The minimum atomic E-state index is 0.152. The van der Waals surface area contributed by atoms with Crippen LogP contribution in [-0.4, -0.2) is 26.9 Å². The zero-order valence-corrected chi connectivity index (χ0v) is 12.8. The normalized spacial score (nSPS) is 18.2. The van der Waals surface area contributed by atoms with Gasteiger partial charge in [-0.25, -0.2) is 4.98 Å². The highest BCUT2D eigenvalue weighted by Crippen LogP contribution is 2.31. The van der Waals surface area contributed by atoms with Crippen LogP contribution >= 0.6 is 0 Å². The lowest BCUT2D eigenvalue weighted by molar-refractivity contribution is -0.129. The number of pyridine rings is 1. The Morgan fingerprint density at radius 1 is 1.19 bits per heavy atom. The summed E-state index contributed by atoms with van der Waals surface area (Å²) >= 11 is 0. The summed E-state index contributed by atoms with van der Waals surface area (Å²) in [5, 5.41) is 0. The van der Waals surface area contributed by atoms with Gasteiger partial charge in [-0.05, 0) is 50.5 Å². The Morgan fingerprint density at radius 2 is 1.90 bits per heavy atom. The lowest BCUT2D eigenvalue weighted by Gasteiger charge is -2.23. The van der Waals surface area contributed by atoms with Crippen LogP contribution in [0.1, 0.15) is 42.8 Å². The Balaban J connectivity index is 1.89. The third kappa shape index (κ3) is 2.46. The van der Waals surface area contributed by atoms with Crippen LogP contribution in [0.25, 0.3) is 5.82 Å². The van der Waals surface area contributed by atoms with Gasteiger partial charge in [0.25, 0.3) is 0 Å². The maximum absolute atomic E-state index is 11.7. The van der Waals surface area contributed by atoms with Gasteiger partial charge in [0, 0.05) is 31.1 Å². The zero-order chi connectivity index (χ0) is 15.0. The molecule has 2 aromatic heterocycles. The van der Waals surface area contributed by atoms with Gasteiger partial charge in [-0.3, -0.25) is 4.79 Å². The molecule has 110 valence electrons. The van der Waals surface area contributed by atoms with Crippen molar-refractivity contribution in [2.75, 3.05) is 6.54 Å². The highest BCUT2D eigenvalue weighted by molar-refractivity contribution is 5.74. The minimum absolute atomic E-state index is 0.152. The van der Waals surface area contributed by atoms with Gasteiger partial charge < -0.3 is 9.47 Å². The molecule has 4 nitrogen and oxygen atoms in total. The van der Waals surface area contributed by atoms with Crippen molar-refractivity contribution in [3.05, 3.63) is 47.4 Å². The summed E-state index contributed by atoms with van der Waals surface area (Å²) in [6.07, 6.45) is 4.02. The lowest BCUT2D eigenvalue weighted by atomic mass is 10.1. The summed E-state index contributed by atoms with van der Waals surface area (Å²) in [4.78, 5) is 18.2. The van der Waals surface area contributed by atoms with E-state index in [-0.39, 0.29) is 11.9 Å². The topological polar surface area (TPSA) is 38.1 Å². The predicted octanol–water partition coefficient (Wildman–Crippen LogP) is 3.17. The monoisotopic (exact) mass is 283 g/mol. The van der Waals surface area contributed by atoms with Gasteiger partial charge in [0.2, 0.25) is 5.91 Å². The van der Waals surface area contributed by atoms with E-state index in [1.165, 1.54) is 11.4 Å². The smallest absolute Gasteiger partial charge is 0.219 e. The van der Waals surface area contributed by atoms with Crippen LogP contribution in [0.15, 0.2) is 30.5 Å². The molecule has 1 saturated heterocycles. The fraction of sp³-hybridized carbons (Fsp3) is 0.412. The van der Waals surface area contributed by atoms with Gasteiger partial charge in [0.1, 0.15) is 5.82 Å². The van der Waals surface area contributed by atoms with Crippen molar-refractivity contribution in [2.45, 2.75) is 39.7 Å². The molecule has 1 aliphatic heterocycles. The summed E-state index contributed by atoms with van der Waals surface area (Å²) in [5.74, 6) is 1.09. The van der Waals surface area contributed by atoms with E-state index >= 15 is 0 Å². The van der Waals surface area contributed by atoms with Crippen LogP contribution < -0.4 is 0 Å². The molecule has 3 rings (SSSR count). The number of nitrogens with zero attached hydrogens (tertiary/aromatic N) is 3. The van der Waals surface area contributed by atoms with E-state index in [1.54, 1.807) is 6.92 Å². The molecule has 2 aromatic rings. The largest absolute Gasteiger partial charge is 0.336 e. The molecule has 0 N–H and O–H groups in total. The van der Waals surface area contributed by atoms with Crippen molar-refractivity contribution < 1.29 is 4.79 Å². The first kappa shape index (κ1) is 13.9. The summed E-state index contributed by atoms with van der Waals surface area (Å²) < 4.78 is 2.14. The molecule has 21 heavy (non-hydrogen) atoms. The molecule has 0 bridgehead atoms. The summed E-state index contributed by atoms with van der Waals surface area (Å²) in [6.45, 7) is 6.66. The molecule has 1 amide bonds. The zero-order valence-electron chi connectivity index (χ0n) is 12.8. The summed E-state index contributed by atoms with van der Waals surface area (Å²) in [5.41, 5.74) is 3.49. The van der Waals surface area contributed by atoms with Crippen molar-refractivity contribution in [1.29, 1.82) is 0 Å². The van der Waals surface area contributed by atoms with Crippen molar-refractivity contribution in [2.24, 2.45) is 0 Å². The van der Waals surface area contributed by atoms with Gasteiger partial charge in [0.15, 0.2) is 0 Å². The van der Waals surface area contributed by atoms with E-state index in [0.29, 0.717) is 0 Å². The van der Waals surface area contributed by atoms with Crippen LogP contribution in [0, 0.1) is 13.8 Å². The maximum Gasteiger partial charge on any atom is 0.219 e. The first-order valence-corrected chi connectivity index (χ1v) is 7.46. The van der Waals surface area contributed by atoms with E-state index in [9.17, 15) is 4.79 Å². The molecule has 0 saturated carbocycles. The highest BCUT2D eigenvalue weighted by Gasteiger charge is 2.27. The highest BCUT2D eigenvalue weighted by atomic mass is 16.2. The second kappa shape index (κ2) is 5.35. The number of aryl methyl sites for hydroxylation is 2. The standard InChI is InChI=1S/C17H21N3O/c1-12-6-7-13(2)20(12)17-9-8-15(11-18-17)16-5-4-10-19(16)14(3)21/h6-9,11,16H,4-5,10H2,1-3H3/t16-/m0/s1. The van der Waals surface area contributed by atoms with Crippen LogP contribution in [0.2, 0.25) is 0 Å². The Hall–Kier alpha value is -2.10. The number of amides is 1. The van der Waals surface area contributed by atoms with Crippen LogP contribution in [0.4, 0.5) is 0 Å². The summed E-state index contributed by atoms with van der Waals surface area (Å²) in [7, 11) is 0. The Bertz CT molecular complexity index is 638. The molecular formula is C17H21N3O. The van der Waals surface area contributed by atoms with E-state index < -0.39 is 0 Å². The van der Waals surface area contributed by atoms with E-state index in [2.05, 4.69) is 41.6 Å². The average Bonchev–Trinajstić information content (AvgIpc) is 3.07.